The highest BCUT2D eigenvalue weighted by molar-refractivity contribution is 6.10. The minimum atomic E-state index is -0.303. The molecule has 172 valence electrons. The van der Waals surface area contributed by atoms with Gasteiger partial charge in [0.15, 0.2) is 5.78 Å². The monoisotopic (exact) mass is 454 g/mol. The second-order valence-corrected chi connectivity index (χ2v) is 10.1. The average molecular weight is 455 g/mol. The number of Topliss-reactive ketones (excluding diaryl/α,β-unsaturated/α-hetero) is 1. The molecule has 6 nitrogen and oxygen atoms in total. The number of allylic oxidation sites excluding steroid dienone is 2. The molecule has 6 atom stereocenters. The van der Waals surface area contributed by atoms with Gasteiger partial charge in [-0.05, 0) is 80.3 Å². The smallest absolute Gasteiger partial charge is 0.259 e. The molecule has 2 aromatic rings. The Morgan fingerprint density at radius 1 is 0.853 bits per heavy atom. The zero-order chi connectivity index (χ0) is 23.7. The van der Waals surface area contributed by atoms with Gasteiger partial charge in [-0.3, -0.25) is 29.0 Å². The fraction of sp³-hybridized carbons (Fsp3) is 0.357. The molecule has 5 aliphatic rings. The van der Waals surface area contributed by atoms with Crippen LogP contribution in [0.3, 0.4) is 0 Å². The molecule has 6 unspecified atom stereocenters. The molecular weight excluding hydrogens is 428 g/mol. The summed E-state index contributed by atoms with van der Waals surface area (Å²) in [5, 5.41) is 0. The molecule has 3 fully saturated rings. The predicted molar refractivity (Wildman–Crippen MR) is 126 cm³/mol. The van der Waals surface area contributed by atoms with E-state index in [1.54, 1.807) is 36.4 Å². The number of benzene rings is 2. The minimum Gasteiger partial charge on any atom is -0.295 e. The maximum Gasteiger partial charge on any atom is 0.259 e. The van der Waals surface area contributed by atoms with Crippen LogP contribution in [0.4, 0.5) is 5.69 Å². The van der Waals surface area contributed by atoms with Gasteiger partial charge < -0.3 is 0 Å². The van der Waals surface area contributed by atoms with E-state index in [1.165, 1.54) is 16.7 Å². The van der Waals surface area contributed by atoms with Crippen LogP contribution in [0.25, 0.3) is 0 Å². The maximum atomic E-state index is 13.6. The number of hydrogen-bond acceptors (Lipinski definition) is 4. The lowest BCUT2D eigenvalue weighted by Crippen LogP contribution is -2.45. The van der Waals surface area contributed by atoms with Crippen molar-refractivity contribution in [1.82, 2.24) is 4.90 Å². The number of rotatable bonds is 5. The summed E-state index contributed by atoms with van der Waals surface area (Å²) in [7, 11) is 0. The Balaban J connectivity index is 1.34. The zero-order valence-electron chi connectivity index (χ0n) is 19.2. The Hall–Kier alpha value is -3.54. The van der Waals surface area contributed by atoms with Gasteiger partial charge in [-0.15, -0.1) is 0 Å². The first-order chi connectivity index (χ1) is 16.3. The molecule has 6 heteroatoms. The molecule has 7 rings (SSSR count). The minimum absolute atomic E-state index is 0.0709. The molecule has 0 radical (unpaired) electrons. The zero-order valence-corrected chi connectivity index (χ0v) is 19.2. The van der Waals surface area contributed by atoms with Gasteiger partial charge >= 0.3 is 0 Å². The molecule has 0 N–H and O–H groups in total. The van der Waals surface area contributed by atoms with Crippen molar-refractivity contribution in [2.45, 2.75) is 20.3 Å². The molecule has 4 aliphatic carbocycles. The van der Waals surface area contributed by atoms with Crippen molar-refractivity contribution < 1.29 is 19.2 Å². The number of nitrogens with zero attached hydrogens (tertiary/aromatic N) is 2. The molecule has 2 bridgehead atoms. The standard InChI is InChI=1S/C28H26N2O4/c1-15-3-5-18(6-4-15)26(32)29(19-9-7-17(8-10-19)16(2)31)14-30-27(33)24-20-11-12-21(23-13-22(20)23)25(24)28(30)34/h3-12,20-25H,13-14H2,1-2H3. The van der Waals surface area contributed by atoms with E-state index >= 15 is 0 Å². The number of imide groups is 1. The number of carbonyl (C=O) groups excluding carboxylic acids is 4. The summed E-state index contributed by atoms with van der Waals surface area (Å²) in [4.78, 5) is 55.1. The van der Waals surface area contributed by atoms with Crippen molar-refractivity contribution in [1.29, 1.82) is 0 Å². The predicted octanol–water partition coefficient (Wildman–Crippen LogP) is 3.86. The van der Waals surface area contributed by atoms with E-state index in [9.17, 15) is 19.2 Å². The number of amides is 3. The number of carbonyl (C=O) groups is 4. The van der Waals surface area contributed by atoms with Crippen molar-refractivity contribution in [3.8, 4) is 0 Å². The number of ketones is 1. The van der Waals surface area contributed by atoms with Crippen LogP contribution in [0, 0.1) is 42.4 Å². The Kier molecular flexibility index (Phi) is 4.63. The topological polar surface area (TPSA) is 74.8 Å². The lowest BCUT2D eigenvalue weighted by Gasteiger charge is -2.37. The molecule has 0 aromatic heterocycles. The summed E-state index contributed by atoms with van der Waals surface area (Å²) in [6.07, 6.45) is 5.39. The van der Waals surface area contributed by atoms with Crippen LogP contribution in [0.1, 0.15) is 39.6 Å². The Morgan fingerprint density at radius 2 is 1.38 bits per heavy atom. The molecule has 34 heavy (non-hydrogen) atoms. The van der Waals surface area contributed by atoms with Crippen molar-refractivity contribution in [2.24, 2.45) is 35.5 Å². The fourth-order valence-corrected chi connectivity index (χ4v) is 6.29. The lowest BCUT2D eigenvalue weighted by atomic mass is 9.63. The third kappa shape index (κ3) is 3.08. The SMILES string of the molecule is CC(=O)c1ccc(N(CN2C(=O)C3C4C=CC(C5CC45)C3C2=O)C(=O)c2ccc(C)cc2)cc1. The number of likely N-dealkylation sites (tertiary alicyclic amines) is 1. The average Bonchev–Trinajstić information content (AvgIpc) is 3.62. The molecule has 0 spiro atoms. The number of aryl methyl sites for hydroxylation is 1. The van der Waals surface area contributed by atoms with Crippen LogP contribution in [0.5, 0.6) is 0 Å². The van der Waals surface area contributed by atoms with Gasteiger partial charge in [0.2, 0.25) is 11.8 Å². The molecule has 2 aromatic carbocycles. The van der Waals surface area contributed by atoms with Gasteiger partial charge in [-0.1, -0.05) is 29.8 Å². The van der Waals surface area contributed by atoms with E-state index < -0.39 is 0 Å². The number of hydrogen-bond donors (Lipinski definition) is 0. The van der Waals surface area contributed by atoms with Gasteiger partial charge in [-0.2, -0.15) is 0 Å². The van der Waals surface area contributed by atoms with Crippen molar-refractivity contribution in [2.75, 3.05) is 11.6 Å². The molecule has 3 amide bonds. The Bertz CT molecular complexity index is 1210. The van der Waals surface area contributed by atoms with Gasteiger partial charge in [-0.25, -0.2) is 0 Å². The molecule has 2 saturated carbocycles. The van der Waals surface area contributed by atoms with Crippen molar-refractivity contribution >= 4 is 29.2 Å². The van der Waals surface area contributed by atoms with E-state index in [4.69, 9.17) is 0 Å². The molecule has 1 heterocycles. The van der Waals surface area contributed by atoms with Crippen LogP contribution in [0.15, 0.2) is 60.7 Å². The summed E-state index contributed by atoms with van der Waals surface area (Å²) in [5.74, 6) is 0.0205. The third-order valence-electron chi connectivity index (χ3n) is 8.17. The van der Waals surface area contributed by atoms with E-state index in [2.05, 4.69) is 12.2 Å². The fourth-order valence-electron chi connectivity index (χ4n) is 6.29. The Morgan fingerprint density at radius 3 is 1.91 bits per heavy atom. The van der Waals surface area contributed by atoms with Crippen LogP contribution < -0.4 is 4.90 Å². The second kappa shape index (κ2) is 7.49. The Labute approximate surface area is 198 Å². The molecule has 1 aliphatic heterocycles. The van der Waals surface area contributed by atoms with Gasteiger partial charge in [0.25, 0.3) is 5.91 Å². The normalized spacial score (nSPS) is 30.2. The highest BCUT2D eigenvalue weighted by Crippen LogP contribution is 2.65. The third-order valence-corrected chi connectivity index (χ3v) is 8.17. The molecule has 1 saturated heterocycles. The maximum absolute atomic E-state index is 13.6. The van der Waals surface area contributed by atoms with Gasteiger partial charge in [0, 0.05) is 16.8 Å². The first-order valence-electron chi connectivity index (χ1n) is 11.9. The van der Waals surface area contributed by atoms with Crippen LogP contribution in [0.2, 0.25) is 0 Å². The molecular formula is C28H26N2O4. The van der Waals surface area contributed by atoms with Gasteiger partial charge in [0.1, 0.15) is 6.67 Å². The van der Waals surface area contributed by atoms with Crippen LogP contribution >= 0.6 is 0 Å². The van der Waals surface area contributed by atoms with E-state index in [0.717, 1.165) is 12.0 Å². The lowest BCUT2D eigenvalue weighted by molar-refractivity contribution is -0.140. The van der Waals surface area contributed by atoms with E-state index in [0.29, 0.717) is 28.7 Å². The summed E-state index contributed by atoms with van der Waals surface area (Å²) in [5.41, 5.74) is 2.58. The highest BCUT2D eigenvalue weighted by Gasteiger charge is 2.67. The van der Waals surface area contributed by atoms with Crippen LogP contribution in [-0.4, -0.2) is 35.1 Å². The summed E-state index contributed by atoms with van der Waals surface area (Å²) in [6.45, 7) is 3.30. The van der Waals surface area contributed by atoms with Crippen molar-refractivity contribution in [3.63, 3.8) is 0 Å². The van der Waals surface area contributed by atoms with E-state index in [1.807, 2.05) is 19.1 Å². The highest BCUT2D eigenvalue weighted by atomic mass is 16.2. The largest absolute Gasteiger partial charge is 0.295 e. The summed E-state index contributed by atoms with van der Waals surface area (Å²) < 4.78 is 0. The van der Waals surface area contributed by atoms with Crippen LogP contribution in [-0.2, 0) is 9.59 Å². The van der Waals surface area contributed by atoms with Gasteiger partial charge in [0.05, 0.1) is 11.8 Å². The number of anilines is 1. The first-order valence-corrected chi connectivity index (χ1v) is 11.9. The van der Waals surface area contributed by atoms with E-state index in [-0.39, 0.29) is 53.8 Å². The summed E-state index contributed by atoms with van der Waals surface area (Å²) >= 11 is 0. The van der Waals surface area contributed by atoms with Crippen molar-refractivity contribution in [3.05, 3.63) is 77.4 Å². The second-order valence-electron chi connectivity index (χ2n) is 10.1. The summed E-state index contributed by atoms with van der Waals surface area (Å²) in [6, 6.07) is 13.9. The quantitative estimate of drug-likeness (QED) is 0.391. The first kappa shape index (κ1) is 21.0.